The van der Waals surface area contributed by atoms with E-state index in [0.29, 0.717) is 24.9 Å². The first-order valence-electron chi connectivity index (χ1n) is 6.96. The van der Waals surface area contributed by atoms with Crippen LogP contribution in [0.25, 0.3) is 0 Å². The van der Waals surface area contributed by atoms with Gasteiger partial charge in [-0.1, -0.05) is 0 Å². The van der Waals surface area contributed by atoms with Gasteiger partial charge in [0.05, 0.1) is 0 Å². The van der Waals surface area contributed by atoms with Gasteiger partial charge in [-0.15, -0.1) is 0 Å². The van der Waals surface area contributed by atoms with Gasteiger partial charge in [0.25, 0.3) is 0 Å². The molecule has 0 radical (unpaired) electrons. The summed E-state index contributed by atoms with van der Waals surface area (Å²) in [4.78, 5) is 11.2. The van der Waals surface area contributed by atoms with Crippen molar-refractivity contribution in [3.8, 4) is 11.5 Å². The standard InChI is InChI=1S/C15H19NO3/c17-13-4-1-11(2-5-13)10-16-12-3-6-14-15(9-12)19-8-7-18-14/h3,6,9,11,16H,1-2,4-5,7-8,10H2. The van der Waals surface area contributed by atoms with E-state index in [0.717, 1.165) is 49.4 Å². The SMILES string of the molecule is O=C1CCC(CNc2ccc3c(c2)OCCO3)CC1. The maximum Gasteiger partial charge on any atom is 0.163 e. The summed E-state index contributed by atoms with van der Waals surface area (Å²) in [5.41, 5.74) is 1.06. The molecular formula is C15H19NO3. The lowest BCUT2D eigenvalue weighted by Crippen LogP contribution is -2.21. The number of fused-ring (bicyclic) bond motifs is 1. The summed E-state index contributed by atoms with van der Waals surface area (Å²) in [5, 5.41) is 3.43. The molecule has 3 rings (SSSR count). The van der Waals surface area contributed by atoms with E-state index < -0.39 is 0 Å². The number of Topliss-reactive ketones (excluding diaryl/α,β-unsaturated/α-hetero) is 1. The molecule has 1 aliphatic carbocycles. The molecule has 1 heterocycles. The largest absolute Gasteiger partial charge is 0.486 e. The molecule has 4 nitrogen and oxygen atoms in total. The summed E-state index contributed by atoms with van der Waals surface area (Å²) in [7, 11) is 0. The van der Waals surface area contributed by atoms with E-state index in [-0.39, 0.29) is 0 Å². The fraction of sp³-hybridized carbons (Fsp3) is 0.533. The minimum atomic E-state index is 0.413. The van der Waals surface area contributed by atoms with Crippen molar-refractivity contribution in [1.29, 1.82) is 0 Å². The van der Waals surface area contributed by atoms with Crippen molar-refractivity contribution in [3.05, 3.63) is 18.2 Å². The molecule has 1 aromatic rings. The number of carbonyl (C=O) groups is 1. The molecule has 0 amide bonds. The number of ether oxygens (including phenoxy) is 2. The topological polar surface area (TPSA) is 47.6 Å². The van der Waals surface area contributed by atoms with E-state index in [4.69, 9.17) is 9.47 Å². The molecule has 19 heavy (non-hydrogen) atoms. The number of anilines is 1. The van der Waals surface area contributed by atoms with Crippen LogP contribution in [0.3, 0.4) is 0 Å². The third kappa shape index (κ3) is 3.00. The summed E-state index contributed by atoms with van der Waals surface area (Å²) < 4.78 is 11.1. The first kappa shape index (κ1) is 12.3. The van der Waals surface area contributed by atoms with Crippen molar-refractivity contribution in [3.63, 3.8) is 0 Å². The Morgan fingerprint density at radius 2 is 1.84 bits per heavy atom. The average Bonchev–Trinajstić information content (AvgIpc) is 2.46. The third-order valence-corrected chi connectivity index (χ3v) is 3.80. The molecule has 0 atom stereocenters. The summed E-state index contributed by atoms with van der Waals surface area (Å²) in [5.74, 6) is 2.65. The summed E-state index contributed by atoms with van der Waals surface area (Å²) in [6.45, 7) is 2.16. The van der Waals surface area contributed by atoms with Crippen LogP contribution in [-0.2, 0) is 4.79 Å². The summed E-state index contributed by atoms with van der Waals surface area (Å²) in [6.07, 6.45) is 3.51. The Morgan fingerprint density at radius 3 is 2.63 bits per heavy atom. The van der Waals surface area contributed by atoms with E-state index in [1.807, 2.05) is 18.2 Å². The molecule has 1 fully saturated rings. The lowest BCUT2D eigenvalue weighted by Gasteiger charge is -2.23. The van der Waals surface area contributed by atoms with Crippen LogP contribution in [0.1, 0.15) is 25.7 Å². The van der Waals surface area contributed by atoms with Crippen molar-refractivity contribution in [1.82, 2.24) is 0 Å². The number of hydrogen-bond donors (Lipinski definition) is 1. The fourth-order valence-electron chi connectivity index (χ4n) is 2.62. The van der Waals surface area contributed by atoms with Crippen LogP contribution in [-0.4, -0.2) is 25.5 Å². The van der Waals surface area contributed by atoms with Gasteiger partial charge in [-0.2, -0.15) is 0 Å². The highest BCUT2D eigenvalue weighted by molar-refractivity contribution is 5.79. The van der Waals surface area contributed by atoms with E-state index in [1.54, 1.807) is 0 Å². The minimum absolute atomic E-state index is 0.413. The number of hydrogen-bond acceptors (Lipinski definition) is 4. The minimum Gasteiger partial charge on any atom is -0.486 e. The predicted molar refractivity (Wildman–Crippen MR) is 72.9 cm³/mol. The highest BCUT2D eigenvalue weighted by atomic mass is 16.6. The Kier molecular flexibility index (Phi) is 3.58. The molecule has 102 valence electrons. The van der Waals surface area contributed by atoms with Crippen LogP contribution in [0.2, 0.25) is 0 Å². The zero-order valence-corrected chi connectivity index (χ0v) is 11.0. The molecule has 4 heteroatoms. The maximum absolute atomic E-state index is 11.2. The van der Waals surface area contributed by atoms with Gasteiger partial charge in [-0.3, -0.25) is 4.79 Å². The van der Waals surface area contributed by atoms with Crippen LogP contribution in [0.15, 0.2) is 18.2 Å². The number of rotatable bonds is 3. The molecule has 0 unspecified atom stereocenters. The van der Waals surface area contributed by atoms with Gasteiger partial charge in [0.2, 0.25) is 0 Å². The molecule has 2 aliphatic rings. The Morgan fingerprint density at radius 1 is 1.11 bits per heavy atom. The van der Waals surface area contributed by atoms with Gasteiger partial charge < -0.3 is 14.8 Å². The van der Waals surface area contributed by atoms with Gasteiger partial charge in [0.1, 0.15) is 19.0 Å². The second-order valence-electron chi connectivity index (χ2n) is 5.22. The summed E-state index contributed by atoms with van der Waals surface area (Å²) >= 11 is 0. The number of carbonyl (C=O) groups excluding carboxylic acids is 1. The maximum atomic E-state index is 11.2. The van der Waals surface area contributed by atoms with Crippen LogP contribution >= 0.6 is 0 Å². The highest BCUT2D eigenvalue weighted by Gasteiger charge is 2.18. The second kappa shape index (κ2) is 5.51. The van der Waals surface area contributed by atoms with Crippen molar-refractivity contribution >= 4 is 11.5 Å². The van der Waals surface area contributed by atoms with Crippen LogP contribution in [0.4, 0.5) is 5.69 Å². The first-order valence-corrected chi connectivity index (χ1v) is 6.96. The van der Waals surface area contributed by atoms with E-state index >= 15 is 0 Å². The third-order valence-electron chi connectivity index (χ3n) is 3.80. The Bertz CT molecular complexity index is 462. The number of benzene rings is 1. The molecular weight excluding hydrogens is 242 g/mol. The molecule has 1 saturated carbocycles. The second-order valence-corrected chi connectivity index (χ2v) is 5.22. The molecule has 1 aromatic carbocycles. The average molecular weight is 261 g/mol. The zero-order chi connectivity index (χ0) is 13.1. The molecule has 0 saturated heterocycles. The Labute approximate surface area is 113 Å². The molecule has 0 spiro atoms. The fourth-order valence-corrected chi connectivity index (χ4v) is 2.62. The lowest BCUT2D eigenvalue weighted by molar-refractivity contribution is -0.120. The number of nitrogens with one attached hydrogen (secondary N) is 1. The van der Waals surface area contributed by atoms with Crippen LogP contribution in [0.5, 0.6) is 11.5 Å². The Hall–Kier alpha value is -1.71. The van der Waals surface area contributed by atoms with Crippen molar-refractivity contribution in [2.45, 2.75) is 25.7 Å². The Balaban J connectivity index is 1.56. The van der Waals surface area contributed by atoms with Crippen molar-refractivity contribution in [2.24, 2.45) is 5.92 Å². The van der Waals surface area contributed by atoms with Gasteiger partial charge in [-0.05, 0) is 30.9 Å². The number of ketones is 1. The molecule has 0 aromatic heterocycles. The van der Waals surface area contributed by atoms with Crippen LogP contribution in [0, 0.1) is 5.92 Å². The first-order chi connectivity index (χ1) is 9.31. The highest BCUT2D eigenvalue weighted by Crippen LogP contribution is 2.33. The molecule has 1 aliphatic heterocycles. The van der Waals surface area contributed by atoms with Gasteiger partial charge in [0.15, 0.2) is 11.5 Å². The molecule has 1 N–H and O–H groups in total. The van der Waals surface area contributed by atoms with Crippen molar-refractivity contribution < 1.29 is 14.3 Å². The van der Waals surface area contributed by atoms with E-state index in [1.165, 1.54) is 0 Å². The van der Waals surface area contributed by atoms with Gasteiger partial charge in [0, 0.05) is 31.1 Å². The quantitative estimate of drug-likeness (QED) is 0.908. The van der Waals surface area contributed by atoms with E-state index in [2.05, 4.69) is 5.32 Å². The van der Waals surface area contributed by atoms with Gasteiger partial charge >= 0.3 is 0 Å². The molecule has 0 bridgehead atoms. The monoisotopic (exact) mass is 261 g/mol. The lowest BCUT2D eigenvalue weighted by atomic mass is 9.88. The zero-order valence-electron chi connectivity index (χ0n) is 11.0. The normalized spacial score (nSPS) is 19.3. The van der Waals surface area contributed by atoms with Crippen molar-refractivity contribution in [2.75, 3.05) is 25.1 Å². The summed E-state index contributed by atoms with van der Waals surface area (Å²) in [6, 6.07) is 5.95. The van der Waals surface area contributed by atoms with E-state index in [9.17, 15) is 4.79 Å². The smallest absolute Gasteiger partial charge is 0.163 e. The van der Waals surface area contributed by atoms with Crippen LogP contribution < -0.4 is 14.8 Å². The predicted octanol–water partition coefficient (Wildman–Crippen LogP) is 2.63. The van der Waals surface area contributed by atoms with Gasteiger partial charge in [-0.25, -0.2) is 0 Å².